The molecule has 0 radical (unpaired) electrons. The quantitative estimate of drug-likeness (QED) is 0.567. The summed E-state index contributed by atoms with van der Waals surface area (Å²) in [6.07, 6.45) is 2.92. The lowest BCUT2D eigenvalue weighted by molar-refractivity contribution is -0.119. The number of aromatic nitrogens is 1. The number of thiazole rings is 1. The molecule has 0 saturated heterocycles. The number of halogens is 1. The number of benzene rings is 1. The molecule has 2 aromatic rings. The van der Waals surface area contributed by atoms with Gasteiger partial charge in [-0.1, -0.05) is 24.3 Å². The van der Waals surface area contributed by atoms with Crippen LogP contribution in [0, 0.1) is 0 Å². The molecule has 0 fully saturated rings. The third-order valence-corrected chi connectivity index (χ3v) is 4.38. The Hall–Kier alpha value is -1.96. The van der Waals surface area contributed by atoms with Gasteiger partial charge in [0, 0.05) is 30.8 Å². The molecule has 142 valence electrons. The Balaban J connectivity index is 0.00000338. The van der Waals surface area contributed by atoms with E-state index in [0.717, 1.165) is 24.1 Å². The zero-order valence-corrected chi connectivity index (χ0v) is 16.4. The predicted octanol–water partition coefficient (Wildman–Crippen LogP) is 2.98. The Morgan fingerprint density at radius 2 is 1.92 bits per heavy atom. The SMILES string of the molecule is CC(=O)NCCCc1ccc(-c2csc(NC(=O)CCCN)n2)cc1.Cl. The molecule has 0 unspecified atom stereocenters. The van der Waals surface area contributed by atoms with Crippen LogP contribution in [0.2, 0.25) is 0 Å². The maximum atomic E-state index is 11.7. The fourth-order valence-corrected chi connectivity index (χ4v) is 3.04. The van der Waals surface area contributed by atoms with Crippen LogP contribution >= 0.6 is 23.7 Å². The van der Waals surface area contributed by atoms with Crippen LogP contribution in [-0.2, 0) is 16.0 Å². The van der Waals surface area contributed by atoms with E-state index in [9.17, 15) is 9.59 Å². The first-order chi connectivity index (χ1) is 12.1. The van der Waals surface area contributed by atoms with Crippen molar-refractivity contribution < 1.29 is 9.59 Å². The van der Waals surface area contributed by atoms with Crippen molar-refractivity contribution >= 4 is 40.7 Å². The van der Waals surface area contributed by atoms with Gasteiger partial charge >= 0.3 is 0 Å². The fourth-order valence-electron chi connectivity index (χ4n) is 2.31. The lowest BCUT2D eigenvalue weighted by atomic mass is 10.1. The van der Waals surface area contributed by atoms with Crippen molar-refractivity contribution in [3.63, 3.8) is 0 Å². The van der Waals surface area contributed by atoms with Gasteiger partial charge in [-0.15, -0.1) is 23.7 Å². The van der Waals surface area contributed by atoms with Crippen molar-refractivity contribution in [2.24, 2.45) is 5.73 Å². The van der Waals surface area contributed by atoms with Crippen LogP contribution in [0.3, 0.4) is 0 Å². The number of anilines is 1. The molecule has 1 aromatic heterocycles. The molecule has 2 amide bonds. The lowest BCUT2D eigenvalue weighted by Gasteiger charge is -2.04. The molecule has 0 aliphatic heterocycles. The third-order valence-electron chi connectivity index (χ3n) is 3.62. The van der Waals surface area contributed by atoms with Crippen molar-refractivity contribution in [3.8, 4) is 11.3 Å². The van der Waals surface area contributed by atoms with Gasteiger partial charge < -0.3 is 16.4 Å². The second-order valence-corrected chi connectivity index (χ2v) is 6.62. The number of aryl methyl sites for hydroxylation is 1. The van der Waals surface area contributed by atoms with Gasteiger partial charge in [-0.25, -0.2) is 4.98 Å². The molecule has 6 nitrogen and oxygen atoms in total. The van der Waals surface area contributed by atoms with Crippen LogP contribution in [0.15, 0.2) is 29.6 Å². The summed E-state index contributed by atoms with van der Waals surface area (Å²) in [6.45, 7) is 2.72. The molecule has 0 atom stereocenters. The number of hydrogen-bond donors (Lipinski definition) is 3. The van der Waals surface area contributed by atoms with E-state index < -0.39 is 0 Å². The Bertz CT molecular complexity index is 703. The van der Waals surface area contributed by atoms with Gasteiger partial charge in [-0.3, -0.25) is 9.59 Å². The maximum absolute atomic E-state index is 11.7. The number of nitrogens with one attached hydrogen (secondary N) is 2. The first kappa shape index (κ1) is 22.1. The summed E-state index contributed by atoms with van der Waals surface area (Å²) < 4.78 is 0. The lowest BCUT2D eigenvalue weighted by Crippen LogP contribution is -2.21. The zero-order chi connectivity index (χ0) is 18.1. The van der Waals surface area contributed by atoms with Crippen LogP contribution in [0.5, 0.6) is 0 Å². The molecule has 8 heteroatoms. The van der Waals surface area contributed by atoms with E-state index >= 15 is 0 Å². The van der Waals surface area contributed by atoms with E-state index in [1.807, 2.05) is 17.5 Å². The topological polar surface area (TPSA) is 97.1 Å². The normalized spacial score (nSPS) is 10.1. The van der Waals surface area contributed by atoms with Crippen molar-refractivity contribution in [3.05, 3.63) is 35.2 Å². The van der Waals surface area contributed by atoms with Gasteiger partial charge in [0.05, 0.1) is 5.69 Å². The Kier molecular flexibility index (Phi) is 9.87. The fraction of sp³-hybridized carbons (Fsp3) is 0.389. The number of amides is 2. The van der Waals surface area contributed by atoms with E-state index in [-0.39, 0.29) is 24.2 Å². The molecular formula is C18H25ClN4O2S. The van der Waals surface area contributed by atoms with E-state index in [1.54, 1.807) is 0 Å². The summed E-state index contributed by atoms with van der Waals surface area (Å²) in [4.78, 5) is 27.0. The molecule has 1 heterocycles. The first-order valence-corrected chi connectivity index (χ1v) is 9.25. The van der Waals surface area contributed by atoms with Gasteiger partial charge in [0.25, 0.3) is 0 Å². The van der Waals surface area contributed by atoms with Crippen molar-refractivity contribution in [2.75, 3.05) is 18.4 Å². The van der Waals surface area contributed by atoms with Crippen molar-refractivity contribution in [1.82, 2.24) is 10.3 Å². The summed E-state index contributed by atoms with van der Waals surface area (Å²) in [7, 11) is 0. The largest absolute Gasteiger partial charge is 0.356 e. The highest BCUT2D eigenvalue weighted by atomic mass is 35.5. The minimum Gasteiger partial charge on any atom is -0.356 e. The zero-order valence-electron chi connectivity index (χ0n) is 14.8. The second-order valence-electron chi connectivity index (χ2n) is 5.76. The van der Waals surface area contributed by atoms with Crippen LogP contribution in [-0.4, -0.2) is 29.9 Å². The molecule has 2 rings (SSSR count). The van der Waals surface area contributed by atoms with Crippen LogP contribution in [0.4, 0.5) is 5.13 Å². The highest BCUT2D eigenvalue weighted by Crippen LogP contribution is 2.25. The van der Waals surface area contributed by atoms with E-state index in [4.69, 9.17) is 5.73 Å². The Morgan fingerprint density at radius 3 is 2.58 bits per heavy atom. The highest BCUT2D eigenvalue weighted by Gasteiger charge is 2.08. The van der Waals surface area contributed by atoms with Gasteiger partial charge in [-0.2, -0.15) is 0 Å². The van der Waals surface area contributed by atoms with E-state index in [0.29, 0.717) is 31.1 Å². The molecule has 0 bridgehead atoms. The number of nitrogens with two attached hydrogens (primary N) is 1. The number of carbonyl (C=O) groups is 2. The molecule has 0 aliphatic rings. The van der Waals surface area contributed by atoms with Crippen LogP contribution in [0.1, 0.15) is 31.7 Å². The Labute approximate surface area is 164 Å². The summed E-state index contributed by atoms with van der Waals surface area (Å²) in [5.41, 5.74) is 8.49. The molecule has 0 spiro atoms. The van der Waals surface area contributed by atoms with Gasteiger partial charge in [0.15, 0.2) is 5.13 Å². The minimum absolute atomic E-state index is 0. The minimum atomic E-state index is -0.0548. The number of hydrogen-bond acceptors (Lipinski definition) is 5. The smallest absolute Gasteiger partial charge is 0.226 e. The summed E-state index contributed by atoms with van der Waals surface area (Å²) >= 11 is 1.42. The predicted molar refractivity (Wildman–Crippen MR) is 109 cm³/mol. The molecule has 0 saturated carbocycles. The first-order valence-electron chi connectivity index (χ1n) is 8.37. The molecule has 26 heavy (non-hydrogen) atoms. The molecule has 0 aliphatic carbocycles. The van der Waals surface area contributed by atoms with Gasteiger partial charge in [0.1, 0.15) is 0 Å². The summed E-state index contributed by atoms with van der Waals surface area (Å²) in [5, 5.41) is 8.14. The number of carbonyl (C=O) groups excluding carboxylic acids is 2. The number of rotatable bonds is 9. The highest BCUT2D eigenvalue weighted by molar-refractivity contribution is 7.14. The average molecular weight is 397 g/mol. The van der Waals surface area contributed by atoms with Gasteiger partial charge in [0.2, 0.25) is 11.8 Å². The van der Waals surface area contributed by atoms with Crippen molar-refractivity contribution in [2.45, 2.75) is 32.6 Å². The maximum Gasteiger partial charge on any atom is 0.226 e. The Morgan fingerprint density at radius 1 is 1.19 bits per heavy atom. The monoisotopic (exact) mass is 396 g/mol. The standard InChI is InChI=1S/C18H24N4O2S.ClH/c1-13(23)20-11-3-4-14-6-8-15(9-7-14)16-12-25-18(21-16)22-17(24)5-2-10-19;/h6-9,12H,2-5,10-11,19H2,1H3,(H,20,23)(H,21,22,24);1H. The summed E-state index contributed by atoms with van der Waals surface area (Å²) in [5.74, 6) is -0.0503. The molecular weight excluding hydrogens is 372 g/mol. The van der Waals surface area contributed by atoms with Crippen LogP contribution < -0.4 is 16.4 Å². The van der Waals surface area contributed by atoms with E-state index in [2.05, 4.69) is 27.8 Å². The third kappa shape index (κ3) is 7.51. The van der Waals surface area contributed by atoms with Crippen molar-refractivity contribution in [1.29, 1.82) is 0 Å². The second kappa shape index (κ2) is 11.6. The number of nitrogens with zero attached hydrogens (tertiary/aromatic N) is 1. The summed E-state index contributed by atoms with van der Waals surface area (Å²) in [6, 6.07) is 8.20. The van der Waals surface area contributed by atoms with Gasteiger partial charge in [-0.05, 0) is 31.4 Å². The molecule has 1 aromatic carbocycles. The van der Waals surface area contributed by atoms with Crippen LogP contribution in [0.25, 0.3) is 11.3 Å². The average Bonchev–Trinajstić information content (AvgIpc) is 3.05. The van der Waals surface area contributed by atoms with E-state index in [1.165, 1.54) is 23.8 Å². The molecule has 4 N–H and O–H groups in total.